The number of aliphatic hydroxyl groups is 1. The van der Waals surface area contributed by atoms with Gasteiger partial charge in [-0.15, -0.1) is 0 Å². The number of carbonyl (C=O) groups excluding carboxylic acids is 2. The number of rotatable bonds is 2. The average molecular weight is 446 g/mol. The van der Waals surface area contributed by atoms with Crippen LogP contribution in [0.2, 0.25) is 10.0 Å². The first-order valence-electron chi connectivity index (χ1n) is 9.43. The third-order valence-corrected chi connectivity index (χ3v) is 6.34. The van der Waals surface area contributed by atoms with E-state index >= 15 is 0 Å². The lowest BCUT2D eigenvalue weighted by atomic mass is 9.95. The Hall–Kier alpha value is -2.74. The van der Waals surface area contributed by atoms with E-state index in [1.807, 2.05) is 12.1 Å². The maximum absolute atomic E-state index is 12.1. The minimum absolute atomic E-state index is 0.0367. The van der Waals surface area contributed by atoms with Gasteiger partial charge < -0.3 is 25.0 Å². The molecule has 0 saturated carbocycles. The fourth-order valence-electron chi connectivity index (χ4n) is 4.12. The van der Waals surface area contributed by atoms with E-state index in [1.54, 1.807) is 17.0 Å². The van der Waals surface area contributed by atoms with Crippen LogP contribution in [-0.2, 0) is 22.6 Å². The van der Waals surface area contributed by atoms with E-state index < -0.39 is 6.61 Å². The van der Waals surface area contributed by atoms with Crippen LogP contribution in [0, 0.1) is 0 Å². The van der Waals surface area contributed by atoms with Gasteiger partial charge in [0.1, 0.15) is 12.4 Å². The number of aromatic amines is 1. The molecule has 0 bridgehead atoms. The van der Waals surface area contributed by atoms with Crippen molar-refractivity contribution < 1.29 is 19.4 Å². The summed E-state index contributed by atoms with van der Waals surface area (Å²) in [6, 6.07) is 7.32. The lowest BCUT2D eigenvalue weighted by Gasteiger charge is -2.27. The number of nitrogens with one attached hydrogen (secondary N) is 2. The van der Waals surface area contributed by atoms with E-state index in [-0.39, 0.29) is 18.4 Å². The quantitative estimate of drug-likeness (QED) is 0.563. The van der Waals surface area contributed by atoms with Crippen molar-refractivity contribution in [1.29, 1.82) is 0 Å². The highest BCUT2D eigenvalue weighted by molar-refractivity contribution is 6.45. The molecule has 154 valence electrons. The van der Waals surface area contributed by atoms with Crippen molar-refractivity contribution in [3.8, 4) is 16.9 Å². The SMILES string of the molecule is O=C1COc2cc(-c3cc(Cl)c(Cl)c4[nH]c5c(c34)CN(C(=O)CO)CC5)ccc2N1. The van der Waals surface area contributed by atoms with Crippen molar-refractivity contribution in [2.75, 3.05) is 25.1 Å². The molecule has 0 unspecified atom stereocenters. The van der Waals surface area contributed by atoms with Gasteiger partial charge in [0.2, 0.25) is 5.91 Å². The summed E-state index contributed by atoms with van der Waals surface area (Å²) in [5.41, 5.74) is 4.98. The van der Waals surface area contributed by atoms with Gasteiger partial charge in [0, 0.05) is 36.2 Å². The van der Waals surface area contributed by atoms with Gasteiger partial charge >= 0.3 is 0 Å². The predicted octanol–water partition coefficient (Wildman–Crippen LogP) is 3.35. The molecule has 0 saturated heterocycles. The normalized spacial score (nSPS) is 15.4. The summed E-state index contributed by atoms with van der Waals surface area (Å²) in [4.78, 5) is 28.6. The predicted molar refractivity (Wildman–Crippen MR) is 114 cm³/mol. The Morgan fingerprint density at radius 2 is 2.10 bits per heavy atom. The van der Waals surface area contributed by atoms with Gasteiger partial charge in [-0.1, -0.05) is 29.3 Å². The number of fused-ring (bicyclic) bond motifs is 4. The van der Waals surface area contributed by atoms with Gasteiger partial charge in [-0.25, -0.2) is 0 Å². The van der Waals surface area contributed by atoms with E-state index in [4.69, 9.17) is 27.9 Å². The number of amides is 2. The average Bonchev–Trinajstić information content (AvgIpc) is 3.14. The van der Waals surface area contributed by atoms with Crippen molar-refractivity contribution in [2.45, 2.75) is 13.0 Å². The molecule has 3 aromatic rings. The highest BCUT2D eigenvalue weighted by atomic mass is 35.5. The van der Waals surface area contributed by atoms with Crippen molar-refractivity contribution >= 4 is 51.6 Å². The van der Waals surface area contributed by atoms with Crippen molar-refractivity contribution in [3.63, 3.8) is 0 Å². The van der Waals surface area contributed by atoms with E-state index in [9.17, 15) is 14.7 Å². The molecule has 2 aromatic carbocycles. The monoisotopic (exact) mass is 445 g/mol. The second-order valence-corrected chi connectivity index (χ2v) is 8.11. The number of carbonyl (C=O) groups is 2. The molecule has 3 heterocycles. The van der Waals surface area contributed by atoms with Gasteiger partial charge in [-0.3, -0.25) is 9.59 Å². The van der Waals surface area contributed by atoms with Crippen molar-refractivity contribution in [3.05, 3.63) is 45.6 Å². The lowest BCUT2D eigenvalue weighted by Crippen LogP contribution is -2.37. The molecule has 9 heteroatoms. The van der Waals surface area contributed by atoms with Crippen LogP contribution in [0.25, 0.3) is 22.0 Å². The number of hydrogen-bond acceptors (Lipinski definition) is 4. The Balaban J connectivity index is 1.69. The summed E-state index contributed by atoms with van der Waals surface area (Å²) in [5, 5.41) is 13.8. The number of nitrogens with zero attached hydrogens (tertiary/aromatic N) is 1. The zero-order valence-corrected chi connectivity index (χ0v) is 17.2. The van der Waals surface area contributed by atoms with Gasteiger partial charge in [0.05, 0.1) is 21.2 Å². The third-order valence-electron chi connectivity index (χ3n) is 5.56. The van der Waals surface area contributed by atoms with E-state index in [0.29, 0.717) is 41.0 Å². The molecule has 3 N–H and O–H groups in total. The smallest absolute Gasteiger partial charge is 0.262 e. The molecule has 0 atom stereocenters. The lowest BCUT2D eigenvalue weighted by molar-refractivity contribution is -0.135. The molecule has 2 amide bonds. The third kappa shape index (κ3) is 3.01. The van der Waals surface area contributed by atoms with Crippen LogP contribution < -0.4 is 10.1 Å². The van der Waals surface area contributed by atoms with Crippen LogP contribution in [0.3, 0.4) is 0 Å². The number of halogens is 2. The Morgan fingerprint density at radius 3 is 2.90 bits per heavy atom. The van der Waals surface area contributed by atoms with Gasteiger partial charge in [-0.05, 0) is 29.3 Å². The minimum atomic E-state index is -0.523. The summed E-state index contributed by atoms with van der Waals surface area (Å²) < 4.78 is 5.56. The van der Waals surface area contributed by atoms with Crippen LogP contribution in [0.4, 0.5) is 5.69 Å². The molecule has 7 nitrogen and oxygen atoms in total. The van der Waals surface area contributed by atoms with Gasteiger partial charge in [0.25, 0.3) is 5.91 Å². The maximum Gasteiger partial charge on any atom is 0.262 e. The molecule has 5 rings (SSSR count). The Kier molecular flexibility index (Phi) is 4.61. The van der Waals surface area contributed by atoms with E-state index in [2.05, 4.69) is 10.3 Å². The first-order chi connectivity index (χ1) is 14.5. The van der Waals surface area contributed by atoms with Crippen LogP contribution in [-0.4, -0.2) is 46.6 Å². The highest BCUT2D eigenvalue weighted by Crippen LogP contribution is 2.43. The number of hydrogen-bond donors (Lipinski definition) is 3. The Bertz CT molecular complexity index is 1220. The molecular weight excluding hydrogens is 429 g/mol. The fraction of sp³-hybridized carbons (Fsp3) is 0.238. The van der Waals surface area contributed by atoms with E-state index in [1.165, 1.54) is 0 Å². The molecule has 0 spiro atoms. The number of aliphatic hydroxyl groups excluding tert-OH is 1. The Labute approximate surface area is 181 Å². The zero-order valence-electron chi connectivity index (χ0n) is 15.7. The standard InChI is InChI=1S/C21H17Cl2N3O4/c22-13-6-11(10-1-2-15-16(5-10)30-9-17(28)24-15)19-12-7-26(18(29)8-27)4-3-14(12)25-21(19)20(13)23/h1-2,5-6,25,27H,3-4,7-9H2,(H,24,28). The molecule has 0 fully saturated rings. The van der Waals surface area contributed by atoms with Crippen molar-refractivity contribution in [2.24, 2.45) is 0 Å². The van der Waals surface area contributed by atoms with Gasteiger partial charge in [-0.2, -0.15) is 0 Å². The van der Waals surface area contributed by atoms with Crippen LogP contribution in [0.5, 0.6) is 5.75 Å². The largest absolute Gasteiger partial charge is 0.482 e. The Morgan fingerprint density at radius 1 is 1.27 bits per heavy atom. The molecule has 2 aliphatic heterocycles. The van der Waals surface area contributed by atoms with Crippen molar-refractivity contribution in [1.82, 2.24) is 9.88 Å². The van der Waals surface area contributed by atoms with Crippen LogP contribution >= 0.6 is 23.2 Å². The van der Waals surface area contributed by atoms with Crippen LogP contribution in [0.1, 0.15) is 11.3 Å². The number of aromatic nitrogens is 1. The minimum Gasteiger partial charge on any atom is -0.482 e. The number of H-pyrrole nitrogens is 1. The summed E-state index contributed by atoms with van der Waals surface area (Å²) in [6.07, 6.45) is 0.627. The van der Waals surface area contributed by atoms with Gasteiger partial charge in [0.15, 0.2) is 6.61 Å². The summed E-state index contributed by atoms with van der Waals surface area (Å²) in [6.45, 7) is 0.333. The molecular formula is C21H17Cl2N3O4. The first-order valence-corrected chi connectivity index (χ1v) is 10.2. The molecule has 2 aliphatic rings. The van der Waals surface area contributed by atoms with Crippen LogP contribution in [0.15, 0.2) is 24.3 Å². The highest BCUT2D eigenvalue weighted by Gasteiger charge is 2.27. The van der Waals surface area contributed by atoms with E-state index in [0.717, 1.165) is 33.3 Å². The maximum atomic E-state index is 12.1. The second kappa shape index (κ2) is 7.19. The molecule has 0 radical (unpaired) electrons. The topological polar surface area (TPSA) is 94.7 Å². The number of ether oxygens (including phenoxy) is 1. The second-order valence-electron chi connectivity index (χ2n) is 7.32. The summed E-state index contributed by atoms with van der Waals surface area (Å²) in [7, 11) is 0. The molecule has 0 aliphatic carbocycles. The summed E-state index contributed by atoms with van der Waals surface area (Å²) >= 11 is 12.9. The fourth-order valence-corrected chi connectivity index (χ4v) is 4.52. The zero-order chi connectivity index (χ0) is 21.0. The number of benzene rings is 2. The first kappa shape index (κ1) is 19.2. The number of anilines is 1. The molecule has 1 aromatic heterocycles. The molecule has 30 heavy (non-hydrogen) atoms. The summed E-state index contributed by atoms with van der Waals surface area (Å²) in [5.74, 6) is 0.0721.